The van der Waals surface area contributed by atoms with Crippen LogP contribution in [0.2, 0.25) is 0 Å². The van der Waals surface area contributed by atoms with Crippen molar-refractivity contribution in [3.8, 4) is 17.1 Å². The highest BCUT2D eigenvalue weighted by Gasteiger charge is 2.11. The van der Waals surface area contributed by atoms with E-state index in [0.717, 1.165) is 29.7 Å². The van der Waals surface area contributed by atoms with Crippen molar-refractivity contribution in [1.29, 1.82) is 0 Å². The molecule has 0 atom stereocenters. The Hall–Kier alpha value is -2.55. The van der Waals surface area contributed by atoms with E-state index >= 15 is 0 Å². The van der Waals surface area contributed by atoms with Crippen LogP contribution in [-0.2, 0) is 12.8 Å². The number of rotatable bonds is 5. The lowest BCUT2D eigenvalue weighted by atomic mass is 10.0. The van der Waals surface area contributed by atoms with Crippen LogP contribution in [-0.4, -0.2) is 6.61 Å². The van der Waals surface area contributed by atoms with E-state index in [4.69, 9.17) is 9.15 Å². The second-order valence-corrected chi connectivity index (χ2v) is 5.77. The van der Waals surface area contributed by atoms with Gasteiger partial charge in [0, 0.05) is 11.6 Å². The second-order valence-electron chi connectivity index (χ2n) is 5.77. The van der Waals surface area contributed by atoms with Crippen LogP contribution in [0.4, 0.5) is 0 Å². The maximum Gasteiger partial charge on any atom is 0.193 e. The molecule has 3 rings (SSSR count). The Morgan fingerprint density at radius 1 is 0.958 bits per heavy atom. The minimum atomic E-state index is 0.00475. The summed E-state index contributed by atoms with van der Waals surface area (Å²) in [6.45, 7) is 6.76. The molecule has 0 bridgehead atoms. The van der Waals surface area contributed by atoms with Crippen molar-refractivity contribution < 1.29 is 9.15 Å². The van der Waals surface area contributed by atoms with Crippen LogP contribution in [0.15, 0.2) is 51.7 Å². The Balaban J connectivity index is 2.14. The topological polar surface area (TPSA) is 39.4 Å². The van der Waals surface area contributed by atoms with Crippen molar-refractivity contribution in [2.45, 2.75) is 33.6 Å². The molecule has 0 fully saturated rings. The highest BCUT2D eigenvalue weighted by Crippen LogP contribution is 2.27. The predicted octanol–water partition coefficient (Wildman–Crippen LogP) is 4.98. The van der Waals surface area contributed by atoms with Gasteiger partial charge >= 0.3 is 0 Å². The van der Waals surface area contributed by atoms with Gasteiger partial charge in [0.05, 0.1) is 12.0 Å². The molecule has 1 heterocycles. The fourth-order valence-corrected chi connectivity index (χ4v) is 2.89. The molecule has 0 aliphatic carbocycles. The van der Waals surface area contributed by atoms with Gasteiger partial charge in [0.1, 0.15) is 17.1 Å². The molecule has 0 aliphatic heterocycles. The summed E-state index contributed by atoms with van der Waals surface area (Å²) in [6, 6.07) is 13.3. The third-order valence-electron chi connectivity index (χ3n) is 4.20. The maximum absolute atomic E-state index is 12.6. The monoisotopic (exact) mass is 322 g/mol. The van der Waals surface area contributed by atoms with Gasteiger partial charge in [-0.25, -0.2) is 0 Å². The molecule has 0 spiro atoms. The molecule has 0 aliphatic rings. The van der Waals surface area contributed by atoms with Crippen molar-refractivity contribution in [1.82, 2.24) is 0 Å². The predicted molar refractivity (Wildman–Crippen MR) is 97.8 cm³/mol. The van der Waals surface area contributed by atoms with Crippen molar-refractivity contribution in [3.05, 3.63) is 63.8 Å². The summed E-state index contributed by atoms with van der Waals surface area (Å²) < 4.78 is 11.6. The summed E-state index contributed by atoms with van der Waals surface area (Å²) in [7, 11) is 0. The molecule has 2 aromatic carbocycles. The smallest absolute Gasteiger partial charge is 0.193 e. The fraction of sp³-hybridized carbons (Fsp3) is 0.286. The highest BCUT2D eigenvalue weighted by molar-refractivity contribution is 5.82. The molecule has 3 nitrogen and oxygen atoms in total. The molecule has 24 heavy (non-hydrogen) atoms. The number of ether oxygens (including phenoxy) is 1. The van der Waals surface area contributed by atoms with E-state index in [9.17, 15) is 4.79 Å². The van der Waals surface area contributed by atoms with Crippen LogP contribution >= 0.6 is 0 Å². The van der Waals surface area contributed by atoms with Gasteiger partial charge in [-0.1, -0.05) is 19.9 Å². The van der Waals surface area contributed by atoms with Crippen molar-refractivity contribution >= 4 is 11.0 Å². The SMILES string of the molecule is CCOc1ccc(-c2cc(=O)c3cc(CC)cc(CC)c3o2)cc1. The van der Waals surface area contributed by atoms with E-state index in [1.54, 1.807) is 6.07 Å². The first-order valence-corrected chi connectivity index (χ1v) is 8.49. The Bertz CT molecular complexity index is 905. The molecule has 3 aromatic rings. The van der Waals surface area contributed by atoms with Crippen molar-refractivity contribution in [2.75, 3.05) is 6.61 Å². The molecule has 0 unspecified atom stereocenters. The normalized spacial score (nSPS) is 11.0. The zero-order chi connectivity index (χ0) is 17.1. The maximum atomic E-state index is 12.6. The molecule has 0 amide bonds. The van der Waals surface area contributed by atoms with Gasteiger partial charge in [0.25, 0.3) is 0 Å². The Labute approximate surface area is 141 Å². The molecular weight excluding hydrogens is 300 g/mol. The van der Waals surface area contributed by atoms with Gasteiger partial charge in [-0.05, 0) is 61.2 Å². The number of hydrogen-bond donors (Lipinski definition) is 0. The number of hydrogen-bond acceptors (Lipinski definition) is 3. The summed E-state index contributed by atoms with van der Waals surface area (Å²) in [5, 5.41) is 0.667. The first-order chi connectivity index (χ1) is 11.7. The quantitative estimate of drug-likeness (QED) is 0.665. The minimum Gasteiger partial charge on any atom is -0.494 e. The van der Waals surface area contributed by atoms with E-state index in [2.05, 4.69) is 19.9 Å². The van der Waals surface area contributed by atoms with Crippen LogP contribution < -0.4 is 10.2 Å². The van der Waals surface area contributed by atoms with Crippen LogP contribution in [0.5, 0.6) is 5.75 Å². The zero-order valence-corrected chi connectivity index (χ0v) is 14.4. The van der Waals surface area contributed by atoms with Crippen LogP contribution in [0.25, 0.3) is 22.3 Å². The van der Waals surface area contributed by atoms with E-state index in [1.165, 1.54) is 5.56 Å². The average molecular weight is 322 g/mol. The lowest BCUT2D eigenvalue weighted by Crippen LogP contribution is -2.03. The van der Waals surface area contributed by atoms with Crippen molar-refractivity contribution in [2.24, 2.45) is 0 Å². The van der Waals surface area contributed by atoms with Gasteiger partial charge in [-0.2, -0.15) is 0 Å². The van der Waals surface area contributed by atoms with E-state index in [0.29, 0.717) is 23.3 Å². The first kappa shape index (κ1) is 16.3. The second kappa shape index (κ2) is 6.91. The molecule has 0 saturated heterocycles. The largest absolute Gasteiger partial charge is 0.494 e. The Kier molecular flexibility index (Phi) is 4.70. The third kappa shape index (κ3) is 3.07. The standard InChI is InChI=1S/C21H22O3/c1-4-14-11-15(5-2)21-18(12-14)19(22)13-20(24-21)16-7-9-17(10-8-16)23-6-3/h7-13H,4-6H2,1-3H3. The lowest BCUT2D eigenvalue weighted by molar-refractivity contribution is 0.340. The van der Waals surface area contributed by atoms with E-state index < -0.39 is 0 Å². The van der Waals surface area contributed by atoms with Gasteiger partial charge in [0.15, 0.2) is 5.43 Å². The van der Waals surface area contributed by atoms with Gasteiger partial charge < -0.3 is 9.15 Å². The lowest BCUT2D eigenvalue weighted by Gasteiger charge is -2.09. The molecule has 0 saturated carbocycles. The molecule has 0 radical (unpaired) electrons. The first-order valence-electron chi connectivity index (χ1n) is 8.49. The minimum absolute atomic E-state index is 0.00475. The summed E-state index contributed by atoms with van der Waals surface area (Å²) in [4.78, 5) is 12.6. The van der Waals surface area contributed by atoms with Gasteiger partial charge in [-0.15, -0.1) is 0 Å². The van der Waals surface area contributed by atoms with Crippen LogP contribution in [0.3, 0.4) is 0 Å². The van der Waals surface area contributed by atoms with Gasteiger partial charge in [0.2, 0.25) is 0 Å². The number of fused-ring (bicyclic) bond motifs is 1. The summed E-state index contributed by atoms with van der Waals surface area (Å²) in [5.41, 5.74) is 3.82. The molecule has 3 heteroatoms. The summed E-state index contributed by atoms with van der Waals surface area (Å²) >= 11 is 0. The number of benzene rings is 2. The van der Waals surface area contributed by atoms with E-state index in [1.807, 2.05) is 37.3 Å². The van der Waals surface area contributed by atoms with Crippen molar-refractivity contribution in [3.63, 3.8) is 0 Å². The van der Waals surface area contributed by atoms with E-state index in [-0.39, 0.29) is 5.43 Å². The molecular formula is C21H22O3. The third-order valence-corrected chi connectivity index (χ3v) is 4.20. The van der Waals surface area contributed by atoms with Crippen LogP contribution in [0, 0.1) is 0 Å². The van der Waals surface area contributed by atoms with Gasteiger partial charge in [-0.3, -0.25) is 4.79 Å². The summed E-state index contributed by atoms with van der Waals surface area (Å²) in [6.07, 6.45) is 1.74. The Morgan fingerprint density at radius 3 is 2.33 bits per heavy atom. The average Bonchev–Trinajstić information content (AvgIpc) is 2.61. The number of aryl methyl sites for hydroxylation is 2. The summed E-state index contributed by atoms with van der Waals surface area (Å²) in [5.74, 6) is 1.40. The molecule has 0 N–H and O–H groups in total. The molecule has 1 aromatic heterocycles. The molecule has 124 valence electrons. The zero-order valence-electron chi connectivity index (χ0n) is 14.4. The Morgan fingerprint density at radius 2 is 1.71 bits per heavy atom. The van der Waals surface area contributed by atoms with Crippen LogP contribution in [0.1, 0.15) is 31.9 Å². The highest BCUT2D eigenvalue weighted by atomic mass is 16.5. The fourth-order valence-electron chi connectivity index (χ4n) is 2.89.